The molecule has 170 valence electrons. The SMILES string of the molecule is O=C(CN1CCCC[C@H](NS(=O)(=O)c2ccc3c(c2)CCO3)C1=O)OCc1ccccc1. The highest BCUT2D eigenvalue weighted by Gasteiger charge is 2.32. The predicted octanol–water partition coefficient (Wildman–Crippen LogP) is 2.02. The van der Waals surface area contributed by atoms with Gasteiger partial charge in [-0.15, -0.1) is 0 Å². The molecule has 9 heteroatoms. The van der Waals surface area contributed by atoms with Crippen LogP contribution in [-0.4, -0.2) is 50.9 Å². The smallest absolute Gasteiger partial charge is 0.325 e. The normalized spacial score (nSPS) is 18.6. The highest BCUT2D eigenvalue weighted by molar-refractivity contribution is 7.89. The molecule has 2 aromatic carbocycles. The Balaban J connectivity index is 1.39. The molecule has 2 heterocycles. The third kappa shape index (κ3) is 5.28. The maximum atomic E-state index is 13.0. The second-order valence-corrected chi connectivity index (χ2v) is 9.66. The summed E-state index contributed by atoms with van der Waals surface area (Å²) >= 11 is 0. The van der Waals surface area contributed by atoms with Crippen molar-refractivity contribution in [2.24, 2.45) is 0 Å². The molecule has 0 unspecified atom stereocenters. The Kier molecular flexibility index (Phi) is 6.76. The Bertz CT molecular complexity index is 1090. The summed E-state index contributed by atoms with van der Waals surface area (Å²) in [7, 11) is -3.90. The fourth-order valence-corrected chi connectivity index (χ4v) is 5.17. The molecule has 1 saturated heterocycles. The van der Waals surface area contributed by atoms with Crippen molar-refractivity contribution in [1.29, 1.82) is 0 Å². The van der Waals surface area contributed by atoms with E-state index in [1.807, 2.05) is 30.3 Å². The number of ether oxygens (including phenoxy) is 2. The molecule has 0 aromatic heterocycles. The first-order chi connectivity index (χ1) is 15.4. The molecule has 0 aliphatic carbocycles. The molecule has 2 aromatic rings. The zero-order valence-corrected chi connectivity index (χ0v) is 18.5. The highest BCUT2D eigenvalue weighted by Crippen LogP contribution is 2.28. The van der Waals surface area contributed by atoms with Crippen LogP contribution in [0.5, 0.6) is 5.75 Å². The van der Waals surface area contributed by atoms with Crippen LogP contribution in [0.4, 0.5) is 0 Å². The van der Waals surface area contributed by atoms with E-state index >= 15 is 0 Å². The van der Waals surface area contributed by atoms with Crippen LogP contribution in [0.1, 0.15) is 30.4 Å². The molecular weight excluding hydrogens is 432 g/mol. The Labute approximate surface area is 187 Å². The molecule has 1 amide bonds. The summed E-state index contributed by atoms with van der Waals surface area (Å²) in [4.78, 5) is 26.8. The summed E-state index contributed by atoms with van der Waals surface area (Å²) in [5, 5.41) is 0. The molecule has 1 N–H and O–H groups in total. The molecule has 0 spiro atoms. The van der Waals surface area contributed by atoms with Gasteiger partial charge >= 0.3 is 5.97 Å². The van der Waals surface area contributed by atoms with E-state index in [1.165, 1.54) is 11.0 Å². The van der Waals surface area contributed by atoms with Crippen molar-refractivity contribution in [3.8, 4) is 5.75 Å². The van der Waals surface area contributed by atoms with Crippen molar-refractivity contribution in [2.75, 3.05) is 19.7 Å². The molecule has 0 radical (unpaired) electrons. The first-order valence-corrected chi connectivity index (χ1v) is 12.2. The van der Waals surface area contributed by atoms with E-state index in [9.17, 15) is 18.0 Å². The Morgan fingerprint density at radius 1 is 1.16 bits per heavy atom. The van der Waals surface area contributed by atoms with Gasteiger partial charge in [0.2, 0.25) is 15.9 Å². The van der Waals surface area contributed by atoms with Crippen molar-refractivity contribution >= 4 is 21.9 Å². The van der Waals surface area contributed by atoms with Gasteiger partial charge in [-0.3, -0.25) is 9.59 Å². The van der Waals surface area contributed by atoms with Gasteiger partial charge in [-0.2, -0.15) is 4.72 Å². The zero-order valence-electron chi connectivity index (χ0n) is 17.7. The number of hydrogen-bond donors (Lipinski definition) is 1. The predicted molar refractivity (Wildman–Crippen MR) is 116 cm³/mol. The lowest BCUT2D eigenvalue weighted by Crippen LogP contribution is -2.48. The number of fused-ring (bicyclic) bond motifs is 1. The third-order valence-electron chi connectivity index (χ3n) is 5.61. The number of benzene rings is 2. The summed E-state index contributed by atoms with van der Waals surface area (Å²) in [5.74, 6) is -0.244. The van der Waals surface area contributed by atoms with E-state index in [4.69, 9.17) is 9.47 Å². The van der Waals surface area contributed by atoms with Crippen LogP contribution in [0.2, 0.25) is 0 Å². The minimum absolute atomic E-state index is 0.104. The monoisotopic (exact) mass is 458 g/mol. The van der Waals surface area contributed by atoms with E-state index in [-0.39, 0.29) is 18.0 Å². The summed E-state index contributed by atoms with van der Waals surface area (Å²) in [6, 6.07) is 13.1. The fourth-order valence-electron chi connectivity index (χ4n) is 3.90. The maximum Gasteiger partial charge on any atom is 0.325 e. The lowest BCUT2D eigenvalue weighted by atomic mass is 10.1. The number of nitrogens with one attached hydrogen (secondary N) is 1. The standard InChI is InChI=1S/C23H26N2O6S/c26-22(31-16-17-6-2-1-3-7-17)15-25-12-5-4-8-20(23(25)27)24-32(28,29)19-9-10-21-18(14-19)11-13-30-21/h1-3,6-7,9-10,14,20,24H,4-5,8,11-13,15-16H2/t20-/m0/s1. The number of sulfonamides is 1. The number of amides is 1. The number of likely N-dealkylation sites (tertiary alicyclic amines) is 1. The Hall–Kier alpha value is -2.91. The second-order valence-electron chi connectivity index (χ2n) is 7.94. The average molecular weight is 459 g/mol. The van der Waals surface area contributed by atoms with Gasteiger partial charge in [0.1, 0.15) is 24.9 Å². The van der Waals surface area contributed by atoms with Crippen LogP contribution in [0.3, 0.4) is 0 Å². The number of esters is 1. The van der Waals surface area contributed by atoms with E-state index in [2.05, 4.69) is 4.72 Å². The van der Waals surface area contributed by atoms with Crippen molar-refractivity contribution < 1.29 is 27.5 Å². The maximum absolute atomic E-state index is 13.0. The number of carbonyl (C=O) groups excluding carboxylic acids is 2. The lowest BCUT2D eigenvalue weighted by molar-refractivity contribution is -0.150. The second kappa shape index (κ2) is 9.70. The zero-order chi connectivity index (χ0) is 22.6. The molecular formula is C23H26N2O6S. The number of hydrogen-bond acceptors (Lipinski definition) is 6. The molecule has 2 aliphatic rings. The van der Waals surface area contributed by atoms with Crippen molar-refractivity contribution in [3.05, 3.63) is 59.7 Å². The number of rotatable bonds is 7. The van der Waals surface area contributed by atoms with Crippen molar-refractivity contribution in [2.45, 2.75) is 43.2 Å². The van der Waals surface area contributed by atoms with Gasteiger partial charge < -0.3 is 14.4 Å². The van der Waals surface area contributed by atoms with Gasteiger partial charge in [-0.05, 0) is 48.6 Å². The van der Waals surface area contributed by atoms with Crippen LogP contribution in [-0.2, 0) is 37.4 Å². The topological polar surface area (TPSA) is 102 Å². The van der Waals surface area contributed by atoms with E-state index in [0.29, 0.717) is 44.6 Å². The minimum atomic E-state index is -3.90. The Morgan fingerprint density at radius 3 is 2.78 bits per heavy atom. The van der Waals surface area contributed by atoms with Crippen LogP contribution < -0.4 is 9.46 Å². The first-order valence-electron chi connectivity index (χ1n) is 10.7. The van der Waals surface area contributed by atoms with Crippen molar-refractivity contribution in [1.82, 2.24) is 9.62 Å². The van der Waals surface area contributed by atoms with Gasteiger partial charge in [0.15, 0.2) is 0 Å². The van der Waals surface area contributed by atoms with E-state index in [1.54, 1.807) is 12.1 Å². The fraction of sp³-hybridized carbons (Fsp3) is 0.391. The van der Waals surface area contributed by atoms with Gasteiger partial charge in [0, 0.05) is 13.0 Å². The molecule has 1 fully saturated rings. The number of carbonyl (C=O) groups is 2. The third-order valence-corrected chi connectivity index (χ3v) is 7.08. The summed E-state index contributed by atoms with van der Waals surface area (Å²) in [6.07, 6.45) is 2.39. The van der Waals surface area contributed by atoms with Gasteiger partial charge in [0.25, 0.3) is 0 Å². The molecule has 8 nitrogen and oxygen atoms in total. The largest absolute Gasteiger partial charge is 0.493 e. The van der Waals surface area contributed by atoms with Gasteiger partial charge in [-0.1, -0.05) is 30.3 Å². The van der Waals surface area contributed by atoms with Crippen LogP contribution in [0.15, 0.2) is 53.4 Å². The number of nitrogens with zero attached hydrogens (tertiary/aromatic N) is 1. The minimum Gasteiger partial charge on any atom is -0.493 e. The molecule has 1 atom stereocenters. The van der Waals surface area contributed by atoms with Gasteiger partial charge in [0.05, 0.1) is 11.5 Å². The van der Waals surface area contributed by atoms with Crippen LogP contribution in [0.25, 0.3) is 0 Å². The highest BCUT2D eigenvalue weighted by atomic mass is 32.2. The first kappa shape index (κ1) is 22.3. The lowest BCUT2D eigenvalue weighted by Gasteiger charge is -2.24. The molecule has 0 bridgehead atoms. The summed E-state index contributed by atoms with van der Waals surface area (Å²) < 4.78 is 39.1. The van der Waals surface area contributed by atoms with Crippen LogP contribution in [0, 0.1) is 0 Å². The molecule has 2 aliphatic heterocycles. The molecule has 0 saturated carbocycles. The van der Waals surface area contributed by atoms with E-state index < -0.39 is 27.9 Å². The van der Waals surface area contributed by atoms with Crippen molar-refractivity contribution in [3.63, 3.8) is 0 Å². The molecule has 4 rings (SSSR count). The Morgan fingerprint density at radius 2 is 1.97 bits per heavy atom. The van der Waals surface area contributed by atoms with Crippen LogP contribution >= 0.6 is 0 Å². The van der Waals surface area contributed by atoms with E-state index in [0.717, 1.165) is 11.1 Å². The average Bonchev–Trinajstić information content (AvgIpc) is 3.20. The summed E-state index contributed by atoms with van der Waals surface area (Å²) in [5.41, 5.74) is 1.69. The summed E-state index contributed by atoms with van der Waals surface area (Å²) in [6.45, 7) is 0.830. The van der Waals surface area contributed by atoms with Gasteiger partial charge in [-0.25, -0.2) is 8.42 Å². The molecule has 32 heavy (non-hydrogen) atoms. The quantitative estimate of drug-likeness (QED) is 0.637.